The van der Waals surface area contributed by atoms with Crippen LogP contribution in [0.5, 0.6) is 17.4 Å². The van der Waals surface area contributed by atoms with Gasteiger partial charge in [-0.05, 0) is 18.2 Å². The number of carbonyl (C=O) groups excluding carboxylic acids is 1. The molecule has 0 spiro atoms. The van der Waals surface area contributed by atoms with Crippen molar-refractivity contribution in [2.24, 2.45) is 0 Å². The Kier molecular flexibility index (Phi) is 6.54. The third-order valence-corrected chi connectivity index (χ3v) is 3.30. The third-order valence-electron chi connectivity index (χ3n) is 3.30. The highest BCUT2D eigenvalue weighted by Gasteiger charge is 2.26. The molecule has 1 aromatic heterocycles. The number of benzene rings is 1. The summed E-state index contributed by atoms with van der Waals surface area (Å²) in [4.78, 5) is 16.2. The number of amides is 1. The Morgan fingerprint density at radius 1 is 1.15 bits per heavy atom. The van der Waals surface area contributed by atoms with Crippen LogP contribution >= 0.6 is 0 Å². The van der Waals surface area contributed by atoms with E-state index >= 15 is 0 Å². The maximum atomic E-state index is 14.4. The van der Waals surface area contributed by atoms with Gasteiger partial charge in [0.1, 0.15) is 19.1 Å². The largest absolute Gasteiger partial charge is 0.479 e. The molecule has 27 heavy (non-hydrogen) atoms. The van der Waals surface area contributed by atoms with E-state index in [0.29, 0.717) is 0 Å². The lowest BCUT2D eigenvalue weighted by molar-refractivity contribution is 0.0827. The Balaban J connectivity index is 2.38. The molecule has 146 valence electrons. The highest BCUT2D eigenvalue weighted by atomic mass is 19.2. The number of carbonyl (C=O) groups is 1. The predicted octanol–water partition coefficient (Wildman–Crippen LogP) is 3.68. The average Bonchev–Trinajstić information content (AvgIpc) is 2.66. The molecule has 0 unspecified atom stereocenters. The zero-order valence-corrected chi connectivity index (χ0v) is 14.3. The van der Waals surface area contributed by atoms with E-state index in [1.165, 1.54) is 43.3 Å². The molecule has 10 heteroatoms. The molecule has 1 heterocycles. The summed E-state index contributed by atoms with van der Waals surface area (Å²) in [6, 6.07) is 5.44. The van der Waals surface area contributed by atoms with Gasteiger partial charge in [0.25, 0.3) is 17.7 Å². The number of aromatic nitrogens is 1. The molecule has 0 aliphatic heterocycles. The molecule has 2 aromatic rings. The Bertz CT molecular complexity index is 828. The molecule has 0 aliphatic rings. The molecule has 0 atom stereocenters. The van der Waals surface area contributed by atoms with Crippen molar-refractivity contribution in [2.75, 3.05) is 27.4 Å². The SMILES string of the molecule is CN(C)C(=O)c1cccc(Oc2nc(F)c(F)c(OC(CF)CF)c2F)c1. The zero-order valence-electron chi connectivity index (χ0n) is 14.3. The molecule has 1 amide bonds. The molecule has 2 rings (SSSR count). The Hall–Kier alpha value is -2.91. The van der Waals surface area contributed by atoms with Crippen LogP contribution in [-0.2, 0) is 0 Å². The summed E-state index contributed by atoms with van der Waals surface area (Å²) < 4.78 is 76.4. The van der Waals surface area contributed by atoms with Crippen LogP contribution in [0.25, 0.3) is 0 Å². The minimum absolute atomic E-state index is 0.0985. The van der Waals surface area contributed by atoms with Gasteiger partial charge in [0.15, 0.2) is 6.10 Å². The van der Waals surface area contributed by atoms with Crippen molar-refractivity contribution in [3.05, 3.63) is 47.4 Å². The first kappa shape index (κ1) is 20.4. The number of alkyl halides is 2. The minimum Gasteiger partial charge on any atom is -0.479 e. The van der Waals surface area contributed by atoms with Crippen LogP contribution in [0.15, 0.2) is 24.3 Å². The van der Waals surface area contributed by atoms with E-state index in [2.05, 4.69) is 9.72 Å². The van der Waals surface area contributed by atoms with Crippen LogP contribution in [-0.4, -0.2) is 49.3 Å². The molecule has 0 saturated carbocycles. The fraction of sp³-hybridized carbons (Fsp3) is 0.294. The highest BCUT2D eigenvalue weighted by molar-refractivity contribution is 5.94. The van der Waals surface area contributed by atoms with E-state index in [4.69, 9.17) is 4.74 Å². The predicted molar refractivity (Wildman–Crippen MR) is 85.0 cm³/mol. The Morgan fingerprint density at radius 2 is 1.81 bits per heavy atom. The molecule has 0 radical (unpaired) electrons. The molecule has 0 bridgehead atoms. The number of hydrogen-bond acceptors (Lipinski definition) is 4. The summed E-state index contributed by atoms with van der Waals surface area (Å²) in [5.41, 5.74) is 0.187. The smallest absolute Gasteiger partial charge is 0.262 e. The van der Waals surface area contributed by atoms with Gasteiger partial charge < -0.3 is 14.4 Å². The lowest BCUT2D eigenvalue weighted by atomic mass is 10.2. The van der Waals surface area contributed by atoms with Gasteiger partial charge in [0, 0.05) is 19.7 Å². The maximum Gasteiger partial charge on any atom is 0.262 e. The molecule has 0 saturated heterocycles. The van der Waals surface area contributed by atoms with Crippen LogP contribution in [0, 0.1) is 17.6 Å². The van der Waals surface area contributed by atoms with Crippen LogP contribution in [0.3, 0.4) is 0 Å². The van der Waals surface area contributed by atoms with Crippen molar-refractivity contribution in [3.63, 3.8) is 0 Å². The van der Waals surface area contributed by atoms with E-state index in [0.717, 1.165) is 0 Å². The molecule has 5 nitrogen and oxygen atoms in total. The number of ether oxygens (including phenoxy) is 2. The highest BCUT2D eigenvalue weighted by Crippen LogP contribution is 2.33. The summed E-state index contributed by atoms with van der Waals surface area (Å²) in [5.74, 6) is -8.05. The van der Waals surface area contributed by atoms with E-state index < -0.39 is 48.7 Å². The summed E-state index contributed by atoms with van der Waals surface area (Å²) in [7, 11) is 3.03. The first-order chi connectivity index (χ1) is 12.8. The first-order valence-corrected chi connectivity index (χ1v) is 7.61. The molecular weight excluding hydrogens is 375 g/mol. The first-order valence-electron chi connectivity index (χ1n) is 7.61. The van der Waals surface area contributed by atoms with Crippen molar-refractivity contribution in [1.82, 2.24) is 9.88 Å². The minimum atomic E-state index is -1.84. The summed E-state index contributed by atoms with van der Waals surface area (Å²) in [6.07, 6.45) is -1.82. The van der Waals surface area contributed by atoms with Gasteiger partial charge in [-0.2, -0.15) is 18.2 Å². The zero-order chi connectivity index (χ0) is 20.1. The third kappa shape index (κ3) is 4.63. The number of hydrogen-bond donors (Lipinski definition) is 0. The van der Waals surface area contributed by atoms with Crippen molar-refractivity contribution in [3.8, 4) is 17.4 Å². The van der Waals surface area contributed by atoms with Crippen LogP contribution in [0.4, 0.5) is 22.0 Å². The number of nitrogens with zero attached hydrogens (tertiary/aromatic N) is 2. The second kappa shape index (κ2) is 8.65. The van der Waals surface area contributed by atoms with Gasteiger partial charge in [0.2, 0.25) is 17.4 Å². The second-order valence-corrected chi connectivity index (χ2v) is 5.54. The van der Waals surface area contributed by atoms with E-state index in [-0.39, 0.29) is 17.2 Å². The number of pyridine rings is 1. The number of halogens is 5. The lowest BCUT2D eigenvalue weighted by Gasteiger charge is -2.16. The Labute approximate surface area is 151 Å². The summed E-state index contributed by atoms with van der Waals surface area (Å²) in [6.45, 7) is -2.77. The fourth-order valence-corrected chi connectivity index (χ4v) is 1.98. The molecule has 0 aliphatic carbocycles. The molecule has 0 fully saturated rings. The van der Waals surface area contributed by atoms with Crippen molar-refractivity contribution >= 4 is 5.91 Å². The van der Waals surface area contributed by atoms with E-state index in [1.807, 2.05) is 0 Å². The standard InChI is InChI=1S/C17H15F5N2O3/c1-24(2)17(25)9-4-3-5-10(6-9)27-16-13(21)14(12(20)15(22)23-16)26-11(7-18)8-19/h3-6,11H,7-8H2,1-2H3. The van der Waals surface area contributed by atoms with Crippen LogP contribution in [0.1, 0.15) is 10.4 Å². The van der Waals surface area contributed by atoms with E-state index in [9.17, 15) is 26.7 Å². The van der Waals surface area contributed by atoms with E-state index in [1.54, 1.807) is 0 Å². The quantitative estimate of drug-likeness (QED) is 0.535. The summed E-state index contributed by atoms with van der Waals surface area (Å²) in [5, 5.41) is 0. The van der Waals surface area contributed by atoms with Crippen molar-refractivity contribution in [2.45, 2.75) is 6.10 Å². The number of rotatable bonds is 7. The van der Waals surface area contributed by atoms with Crippen molar-refractivity contribution < 1.29 is 36.2 Å². The molecule has 0 N–H and O–H groups in total. The molecule has 1 aromatic carbocycles. The lowest BCUT2D eigenvalue weighted by Crippen LogP contribution is -2.23. The Morgan fingerprint density at radius 3 is 2.41 bits per heavy atom. The van der Waals surface area contributed by atoms with Gasteiger partial charge in [0.05, 0.1) is 0 Å². The van der Waals surface area contributed by atoms with Gasteiger partial charge >= 0.3 is 0 Å². The van der Waals surface area contributed by atoms with Gasteiger partial charge in [-0.3, -0.25) is 4.79 Å². The molecular formula is C17H15F5N2O3. The van der Waals surface area contributed by atoms with Gasteiger partial charge in [-0.15, -0.1) is 0 Å². The topological polar surface area (TPSA) is 51.7 Å². The van der Waals surface area contributed by atoms with Crippen LogP contribution < -0.4 is 9.47 Å². The van der Waals surface area contributed by atoms with Gasteiger partial charge in [-0.25, -0.2) is 8.78 Å². The van der Waals surface area contributed by atoms with Gasteiger partial charge in [-0.1, -0.05) is 6.07 Å². The van der Waals surface area contributed by atoms with Crippen LogP contribution in [0.2, 0.25) is 0 Å². The normalized spacial score (nSPS) is 10.8. The monoisotopic (exact) mass is 390 g/mol. The second-order valence-electron chi connectivity index (χ2n) is 5.54. The fourth-order valence-electron chi connectivity index (χ4n) is 1.98. The average molecular weight is 390 g/mol. The van der Waals surface area contributed by atoms with Crippen molar-refractivity contribution in [1.29, 1.82) is 0 Å². The maximum absolute atomic E-state index is 14.4. The summed E-state index contributed by atoms with van der Waals surface area (Å²) >= 11 is 0.